The van der Waals surface area contributed by atoms with Crippen molar-refractivity contribution in [2.75, 3.05) is 5.32 Å². The third-order valence-corrected chi connectivity index (χ3v) is 4.05. The zero-order chi connectivity index (χ0) is 12.1. The predicted octanol–water partition coefficient (Wildman–Crippen LogP) is 4.77. The van der Waals surface area contributed by atoms with Crippen LogP contribution in [0.4, 0.5) is 5.69 Å². The second-order valence-corrected chi connectivity index (χ2v) is 5.47. The number of nitrogens with one attached hydrogen (secondary N) is 1. The zero-order valence-electron chi connectivity index (χ0n) is 11.2. The van der Waals surface area contributed by atoms with Crippen LogP contribution in [0.25, 0.3) is 0 Å². The van der Waals surface area contributed by atoms with E-state index >= 15 is 0 Å². The molecule has 0 atom stereocenters. The summed E-state index contributed by atoms with van der Waals surface area (Å²) in [5.74, 6) is 0.995. The average molecular weight is 231 g/mol. The van der Waals surface area contributed by atoms with Gasteiger partial charge in [0.25, 0.3) is 0 Å². The third kappa shape index (κ3) is 3.49. The van der Waals surface area contributed by atoms with E-state index < -0.39 is 0 Å². The van der Waals surface area contributed by atoms with Crippen LogP contribution in [0.5, 0.6) is 0 Å². The summed E-state index contributed by atoms with van der Waals surface area (Å²) in [6, 6.07) is 9.32. The van der Waals surface area contributed by atoms with Gasteiger partial charge >= 0.3 is 0 Å². The van der Waals surface area contributed by atoms with E-state index in [1.807, 2.05) is 0 Å². The van der Waals surface area contributed by atoms with E-state index in [0.717, 1.165) is 5.92 Å². The van der Waals surface area contributed by atoms with Crippen LogP contribution in [-0.2, 0) is 0 Å². The number of benzene rings is 1. The van der Waals surface area contributed by atoms with Gasteiger partial charge in [-0.2, -0.15) is 0 Å². The molecule has 0 amide bonds. The van der Waals surface area contributed by atoms with Crippen molar-refractivity contribution in [3.8, 4) is 0 Å². The highest BCUT2D eigenvalue weighted by Crippen LogP contribution is 2.29. The minimum atomic E-state index is 0.698. The lowest BCUT2D eigenvalue weighted by Gasteiger charge is -2.30. The number of para-hydroxylation sites is 1. The van der Waals surface area contributed by atoms with E-state index in [2.05, 4.69) is 43.4 Å². The maximum Gasteiger partial charge on any atom is 0.0372 e. The maximum absolute atomic E-state index is 3.71. The summed E-state index contributed by atoms with van der Waals surface area (Å²) in [7, 11) is 0. The normalized spacial score (nSPS) is 24.6. The molecule has 0 saturated heterocycles. The van der Waals surface area contributed by atoms with E-state index in [1.165, 1.54) is 49.8 Å². The van der Waals surface area contributed by atoms with Crippen LogP contribution in [0.1, 0.15) is 51.0 Å². The smallest absolute Gasteiger partial charge is 0.0372 e. The molecule has 1 heteroatoms. The van der Waals surface area contributed by atoms with Crippen LogP contribution < -0.4 is 5.32 Å². The van der Waals surface area contributed by atoms with Gasteiger partial charge in [-0.1, -0.05) is 38.0 Å². The van der Waals surface area contributed by atoms with Crippen molar-refractivity contribution in [1.29, 1.82) is 0 Å². The largest absolute Gasteiger partial charge is 0.382 e. The molecule has 94 valence electrons. The lowest BCUT2D eigenvalue weighted by molar-refractivity contribution is 0.319. The van der Waals surface area contributed by atoms with Crippen molar-refractivity contribution in [2.45, 2.75) is 58.4 Å². The summed E-state index contributed by atoms with van der Waals surface area (Å²) in [5, 5.41) is 3.71. The number of anilines is 1. The molecule has 1 N–H and O–H groups in total. The molecule has 1 saturated carbocycles. The molecule has 0 spiro atoms. The summed E-state index contributed by atoms with van der Waals surface area (Å²) in [5.41, 5.74) is 2.69. The zero-order valence-corrected chi connectivity index (χ0v) is 11.2. The summed E-state index contributed by atoms with van der Waals surface area (Å²) >= 11 is 0. The Kier molecular flexibility index (Phi) is 4.47. The molecule has 1 aliphatic rings. The molecule has 0 radical (unpaired) electrons. The lowest BCUT2D eigenvalue weighted by Crippen LogP contribution is -2.26. The van der Waals surface area contributed by atoms with Crippen molar-refractivity contribution in [3.05, 3.63) is 29.8 Å². The highest BCUT2D eigenvalue weighted by atomic mass is 14.9. The Labute approximate surface area is 106 Å². The predicted molar refractivity (Wildman–Crippen MR) is 75.5 cm³/mol. The lowest BCUT2D eigenvalue weighted by atomic mass is 9.83. The van der Waals surface area contributed by atoms with Crippen LogP contribution in [-0.4, -0.2) is 6.04 Å². The second-order valence-electron chi connectivity index (χ2n) is 5.47. The molecule has 1 aromatic carbocycles. The van der Waals surface area contributed by atoms with Gasteiger partial charge < -0.3 is 5.32 Å². The van der Waals surface area contributed by atoms with Crippen molar-refractivity contribution in [3.63, 3.8) is 0 Å². The van der Waals surface area contributed by atoms with Gasteiger partial charge in [-0.15, -0.1) is 0 Å². The second kappa shape index (κ2) is 6.09. The van der Waals surface area contributed by atoms with Crippen LogP contribution in [0.2, 0.25) is 0 Å². The quantitative estimate of drug-likeness (QED) is 0.787. The fraction of sp³-hybridized carbons (Fsp3) is 0.625. The molecule has 0 unspecified atom stereocenters. The standard InChI is InChI=1S/C16H25N/c1-3-6-14-9-11-15(12-10-14)17-16-8-5-4-7-13(16)2/h4-5,7-8,14-15,17H,3,6,9-12H2,1-2H3. The number of rotatable bonds is 4. The maximum atomic E-state index is 3.71. The molecule has 1 aliphatic carbocycles. The van der Waals surface area contributed by atoms with Gasteiger partial charge in [0.05, 0.1) is 0 Å². The number of hydrogen-bond donors (Lipinski definition) is 1. The molecular weight excluding hydrogens is 206 g/mol. The molecule has 0 heterocycles. The number of hydrogen-bond acceptors (Lipinski definition) is 1. The highest BCUT2D eigenvalue weighted by molar-refractivity contribution is 5.50. The van der Waals surface area contributed by atoms with Crippen LogP contribution in [0.3, 0.4) is 0 Å². The van der Waals surface area contributed by atoms with Gasteiger partial charge in [-0.05, 0) is 50.2 Å². The Morgan fingerprint density at radius 3 is 2.47 bits per heavy atom. The Morgan fingerprint density at radius 1 is 1.12 bits per heavy atom. The van der Waals surface area contributed by atoms with E-state index in [4.69, 9.17) is 0 Å². The number of aryl methyl sites for hydroxylation is 1. The first-order valence-electron chi connectivity index (χ1n) is 7.11. The summed E-state index contributed by atoms with van der Waals surface area (Å²) in [6.07, 6.45) is 8.30. The molecule has 0 aliphatic heterocycles. The Bertz CT molecular complexity index is 337. The van der Waals surface area contributed by atoms with Crippen LogP contribution >= 0.6 is 0 Å². The van der Waals surface area contributed by atoms with E-state index in [0.29, 0.717) is 6.04 Å². The minimum absolute atomic E-state index is 0.698. The molecule has 1 nitrogen and oxygen atoms in total. The average Bonchev–Trinajstić information content (AvgIpc) is 2.35. The van der Waals surface area contributed by atoms with Crippen molar-refractivity contribution >= 4 is 5.69 Å². The molecule has 1 fully saturated rings. The van der Waals surface area contributed by atoms with Crippen molar-refractivity contribution in [2.24, 2.45) is 5.92 Å². The Hall–Kier alpha value is -0.980. The monoisotopic (exact) mass is 231 g/mol. The van der Waals surface area contributed by atoms with E-state index in [1.54, 1.807) is 0 Å². The van der Waals surface area contributed by atoms with Crippen LogP contribution in [0.15, 0.2) is 24.3 Å². The molecule has 0 bridgehead atoms. The molecule has 2 rings (SSSR count). The SMILES string of the molecule is CCCC1CCC(Nc2ccccc2C)CC1. The van der Waals surface area contributed by atoms with Crippen LogP contribution in [0, 0.1) is 12.8 Å². The van der Waals surface area contributed by atoms with E-state index in [-0.39, 0.29) is 0 Å². The van der Waals surface area contributed by atoms with Gasteiger partial charge in [0.2, 0.25) is 0 Å². The van der Waals surface area contributed by atoms with Gasteiger partial charge in [0.1, 0.15) is 0 Å². The van der Waals surface area contributed by atoms with Crippen molar-refractivity contribution in [1.82, 2.24) is 0 Å². The summed E-state index contributed by atoms with van der Waals surface area (Å²) < 4.78 is 0. The molecule has 17 heavy (non-hydrogen) atoms. The van der Waals surface area contributed by atoms with Gasteiger partial charge in [-0.3, -0.25) is 0 Å². The highest BCUT2D eigenvalue weighted by Gasteiger charge is 2.20. The Morgan fingerprint density at radius 2 is 1.82 bits per heavy atom. The van der Waals surface area contributed by atoms with Gasteiger partial charge in [0, 0.05) is 11.7 Å². The van der Waals surface area contributed by atoms with Gasteiger partial charge in [-0.25, -0.2) is 0 Å². The van der Waals surface area contributed by atoms with Crippen molar-refractivity contribution < 1.29 is 0 Å². The summed E-state index contributed by atoms with van der Waals surface area (Å²) in [4.78, 5) is 0. The minimum Gasteiger partial charge on any atom is -0.382 e. The topological polar surface area (TPSA) is 12.0 Å². The third-order valence-electron chi connectivity index (χ3n) is 4.05. The Balaban J connectivity index is 1.84. The fourth-order valence-electron chi connectivity index (χ4n) is 2.96. The summed E-state index contributed by atoms with van der Waals surface area (Å²) in [6.45, 7) is 4.49. The molecule has 1 aromatic rings. The molecular formula is C16H25N. The fourth-order valence-corrected chi connectivity index (χ4v) is 2.96. The van der Waals surface area contributed by atoms with Gasteiger partial charge in [0.15, 0.2) is 0 Å². The first-order chi connectivity index (χ1) is 8.29. The first kappa shape index (κ1) is 12.5. The molecule has 0 aromatic heterocycles. The first-order valence-corrected chi connectivity index (χ1v) is 7.11. The van der Waals surface area contributed by atoms with E-state index in [9.17, 15) is 0 Å².